The maximum atomic E-state index is 13.1. The van der Waals surface area contributed by atoms with Crippen molar-refractivity contribution in [3.63, 3.8) is 0 Å². The molecule has 0 saturated carbocycles. The first-order valence-corrected chi connectivity index (χ1v) is 11.0. The van der Waals surface area contributed by atoms with Gasteiger partial charge in [0.2, 0.25) is 0 Å². The Labute approximate surface area is 194 Å². The average molecular weight is 465 g/mol. The number of halogens is 1. The predicted molar refractivity (Wildman–Crippen MR) is 123 cm³/mol. The Morgan fingerprint density at radius 1 is 1.12 bits per heavy atom. The van der Waals surface area contributed by atoms with Crippen molar-refractivity contribution in [2.75, 3.05) is 25.1 Å². The summed E-state index contributed by atoms with van der Waals surface area (Å²) < 4.78 is 7.96. The normalized spacial score (nSPS) is 16.2. The minimum absolute atomic E-state index is 0.0522. The highest BCUT2D eigenvalue weighted by molar-refractivity contribution is 6.33. The number of esters is 1. The van der Waals surface area contributed by atoms with Crippen molar-refractivity contribution in [1.29, 1.82) is 0 Å². The first kappa shape index (κ1) is 21.1. The van der Waals surface area contributed by atoms with Crippen LogP contribution in [0.4, 0.5) is 5.69 Å². The zero-order valence-corrected chi connectivity index (χ0v) is 18.6. The Morgan fingerprint density at radius 3 is 2.79 bits per heavy atom. The third-order valence-electron chi connectivity index (χ3n) is 5.91. The second-order valence-electron chi connectivity index (χ2n) is 7.84. The van der Waals surface area contributed by atoms with Crippen LogP contribution in [-0.2, 0) is 4.74 Å². The van der Waals surface area contributed by atoms with Gasteiger partial charge in [-0.3, -0.25) is 9.20 Å². The summed E-state index contributed by atoms with van der Waals surface area (Å²) >= 11 is 6.55. The molecule has 0 amide bonds. The summed E-state index contributed by atoms with van der Waals surface area (Å²) in [5.74, 6) is 0.466. The number of hydrogen-bond acceptors (Lipinski definition) is 7. The van der Waals surface area contributed by atoms with Crippen molar-refractivity contribution in [2.24, 2.45) is 0 Å². The Bertz CT molecular complexity index is 1400. The monoisotopic (exact) mass is 464 g/mol. The zero-order valence-electron chi connectivity index (χ0n) is 17.9. The summed E-state index contributed by atoms with van der Waals surface area (Å²) in [5, 5.41) is 13.1. The van der Waals surface area contributed by atoms with Crippen LogP contribution in [0.15, 0.2) is 59.7 Å². The van der Waals surface area contributed by atoms with E-state index in [2.05, 4.69) is 20.2 Å². The van der Waals surface area contributed by atoms with Crippen LogP contribution in [0.3, 0.4) is 0 Å². The topological polar surface area (TPSA) is 94.6 Å². The number of nitrogens with zero attached hydrogens (tertiary/aromatic N) is 6. The maximum absolute atomic E-state index is 13.1. The third kappa shape index (κ3) is 3.74. The third-order valence-corrected chi connectivity index (χ3v) is 6.26. The molecular weight excluding hydrogens is 444 g/mol. The first-order chi connectivity index (χ1) is 16.1. The Kier molecular flexibility index (Phi) is 5.55. The molecule has 10 heteroatoms. The lowest BCUT2D eigenvalue weighted by atomic mass is 9.97. The molecule has 168 valence electrons. The van der Waals surface area contributed by atoms with Gasteiger partial charge in [-0.15, -0.1) is 10.2 Å². The minimum atomic E-state index is -0.557. The summed E-state index contributed by atoms with van der Waals surface area (Å²) in [5.41, 5.74) is 1.41. The van der Waals surface area contributed by atoms with E-state index in [-0.39, 0.29) is 16.5 Å². The molecule has 1 aromatic carbocycles. The highest BCUT2D eigenvalue weighted by atomic mass is 35.5. The predicted octanol–water partition coefficient (Wildman–Crippen LogP) is 3.10. The quantitative estimate of drug-likeness (QED) is 0.428. The molecule has 4 aromatic rings. The van der Waals surface area contributed by atoms with Crippen LogP contribution in [-0.4, -0.2) is 50.5 Å². The molecule has 4 heterocycles. The second-order valence-corrected chi connectivity index (χ2v) is 8.22. The van der Waals surface area contributed by atoms with Crippen molar-refractivity contribution < 1.29 is 9.53 Å². The lowest BCUT2D eigenvalue weighted by molar-refractivity contribution is 0.0600. The van der Waals surface area contributed by atoms with Gasteiger partial charge < -0.3 is 9.64 Å². The largest absolute Gasteiger partial charge is 0.465 e. The van der Waals surface area contributed by atoms with Crippen LogP contribution in [0, 0.1) is 0 Å². The number of methoxy groups -OCH3 is 1. The number of carbonyl (C=O) groups excluding carboxylic acids is 1. The van der Waals surface area contributed by atoms with E-state index in [9.17, 15) is 9.59 Å². The van der Waals surface area contributed by atoms with Crippen molar-refractivity contribution in [1.82, 2.24) is 24.4 Å². The molecule has 5 rings (SSSR count). The molecule has 1 aliphatic heterocycles. The molecule has 1 aliphatic rings. The molecule has 1 atom stereocenters. The van der Waals surface area contributed by atoms with Crippen LogP contribution in [0.2, 0.25) is 5.02 Å². The molecule has 0 bridgehead atoms. The lowest BCUT2D eigenvalue weighted by Crippen LogP contribution is -2.37. The van der Waals surface area contributed by atoms with E-state index in [1.165, 1.54) is 7.11 Å². The number of hydrogen-bond donors (Lipinski definition) is 0. The van der Waals surface area contributed by atoms with Gasteiger partial charge >= 0.3 is 5.97 Å². The summed E-state index contributed by atoms with van der Waals surface area (Å²) in [6.45, 7) is 1.39. The first-order valence-electron chi connectivity index (χ1n) is 10.6. The standard InChI is InChI=1S/C23H21ClN6O3/c1-33-23(32)16-8-2-3-9-17(16)30-22(31)20(24)18(13-25-30)28-11-6-7-15(14-28)21-27-26-19-10-4-5-12-29(19)21/h2-5,8-10,12-13,15H,6-7,11,14H2,1H3. The minimum Gasteiger partial charge on any atom is -0.465 e. The number of rotatable bonds is 4. The fourth-order valence-electron chi connectivity index (χ4n) is 4.30. The average Bonchev–Trinajstić information content (AvgIpc) is 3.29. The summed E-state index contributed by atoms with van der Waals surface area (Å²) in [6.07, 6.45) is 5.40. The summed E-state index contributed by atoms with van der Waals surface area (Å²) in [4.78, 5) is 27.3. The number of benzene rings is 1. The van der Waals surface area contributed by atoms with E-state index >= 15 is 0 Å². The number of carbonyl (C=O) groups is 1. The van der Waals surface area contributed by atoms with E-state index < -0.39 is 11.5 Å². The number of anilines is 1. The van der Waals surface area contributed by atoms with Crippen molar-refractivity contribution in [3.8, 4) is 5.69 Å². The number of ether oxygens (including phenoxy) is 1. The molecule has 0 radical (unpaired) electrons. The molecule has 1 unspecified atom stereocenters. The van der Waals surface area contributed by atoms with Gasteiger partial charge in [0.1, 0.15) is 10.8 Å². The van der Waals surface area contributed by atoms with Gasteiger partial charge in [0, 0.05) is 25.2 Å². The Balaban J connectivity index is 1.48. The molecule has 9 nitrogen and oxygen atoms in total. The highest BCUT2D eigenvalue weighted by Crippen LogP contribution is 2.31. The number of para-hydroxylation sites is 1. The number of aromatic nitrogens is 5. The van der Waals surface area contributed by atoms with E-state index in [1.54, 1.807) is 30.5 Å². The molecule has 33 heavy (non-hydrogen) atoms. The molecule has 0 N–H and O–H groups in total. The Hall–Kier alpha value is -3.72. The molecule has 0 spiro atoms. The summed E-state index contributed by atoms with van der Waals surface area (Å²) in [6, 6.07) is 12.4. The fourth-order valence-corrected chi connectivity index (χ4v) is 4.55. The van der Waals surface area contributed by atoms with E-state index in [0.717, 1.165) is 35.5 Å². The van der Waals surface area contributed by atoms with Gasteiger partial charge in [0.25, 0.3) is 5.56 Å². The van der Waals surface area contributed by atoms with E-state index in [1.807, 2.05) is 28.8 Å². The number of piperidine rings is 1. The van der Waals surface area contributed by atoms with Crippen LogP contribution >= 0.6 is 11.6 Å². The van der Waals surface area contributed by atoms with Gasteiger partial charge in [-0.2, -0.15) is 9.78 Å². The fraction of sp³-hybridized carbons (Fsp3) is 0.261. The molecular formula is C23H21ClN6O3. The second kappa shape index (κ2) is 8.67. The van der Waals surface area contributed by atoms with Gasteiger partial charge in [0.05, 0.1) is 30.2 Å². The van der Waals surface area contributed by atoms with Crippen LogP contribution in [0.1, 0.15) is 34.9 Å². The van der Waals surface area contributed by atoms with Gasteiger partial charge in [-0.25, -0.2) is 4.79 Å². The Morgan fingerprint density at radius 2 is 1.94 bits per heavy atom. The molecule has 1 saturated heterocycles. The van der Waals surface area contributed by atoms with E-state index in [4.69, 9.17) is 16.3 Å². The molecule has 1 fully saturated rings. The smallest absolute Gasteiger partial charge is 0.340 e. The van der Waals surface area contributed by atoms with E-state index in [0.29, 0.717) is 17.9 Å². The molecule has 3 aromatic heterocycles. The van der Waals surface area contributed by atoms with Crippen molar-refractivity contribution >= 4 is 28.9 Å². The SMILES string of the molecule is COC(=O)c1ccccc1-n1ncc(N2CCCC(c3nnc4ccccn34)C2)c(Cl)c1=O. The van der Waals surface area contributed by atoms with Crippen molar-refractivity contribution in [2.45, 2.75) is 18.8 Å². The van der Waals surface area contributed by atoms with Gasteiger partial charge in [-0.05, 0) is 37.1 Å². The van der Waals surface area contributed by atoms with Crippen LogP contribution < -0.4 is 10.5 Å². The van der Waals surface area contributed by atoms with Crippen LogP contribution in [0.5, 0.6) is 0 Å². The van der Waals surface area contributed by atoms with Crippen molar-refractivity contribution in [3.05, 3.63) is 81.6 Å². The van der Waals surface area contributed by atoms with Crippen LogP contribution in [0.25, 0.3) is 11.3 Å². The van der Waals surface area contributed by atoms with Gasteiger partial charge in [-0.1, -0.05) is 29.8 Å². The lowest BCUT2D eigenvalue weighted by Gasteiger charge is -2.33. The zero-order chi connectivity index (χ0) is 22.9. The van der Waals surface area contributed by atoms with Gasteiger partial charge in [0.15, 0.2) is 5.65 Å². The highest BCUT2D eigenvalue weighted by Gasteiger charge is 2.28. The maximum Gasteiger partial charge on any atom is 0.340 e. The number of fused-ring (bicyclic) bond motifs is 1. The molecule has 0 aliphatic carbocycles. The number of pyridine rings is 1. The summed E-state index contributed by atoms with van der Waals surface area (Å²) in [7, 11) is 1.29.